The van der Waals surface area contributed by atoms with Crippen LogP contribution in [0.4, 0.5) is 0 Å². The van der Waals surface area contributed by atoms with Crippen LogP contribution >= 0.6 is 0 Å². The summed E-state index contributed by atoms with van der Waals surface area (Å²) in [5.41, 5.74) is 6.03. The number of rotatable bonds is 5. The van der Waals surface area contributed by atoms with Crippen molar-refractivity contribution in [3.63, 3.8) is 0 Å². The zero-order chi connectivity index (χ0) is 10.1. The Morgan fingerprint density at radius 3 is 2.15 bits per heavy atom. The van der Waals surface area contributed by atoms with Gasteiger partial charge in [0.05, 0.1) is 0 Å². The minimum absolute atomic E-state index is 0.0298. The minimum Gasteiger partial charge on any atom is -0.326 e. The van der Waals surface area contributed by atoms with Gasteiger partial charge in [-0.05, 0) is 57.3 Å². The molecule has 0 saturated heterocycles. The first kappa shape index (κ1) is 11.0. The van der Waals surface area contributed by atoms with E-state index >= 15 is 0 Å². The lowest BCUT2D eigenvalue weighted by Gasteiger charge is -2.25. The van der Waals surface area contributed by atoms with E-state index in [1.807, 2.05) is 0 Å². The van der Waals surface area contributed by atoms with Crippen LogP contribution in [0.25, 0.3) is 0 Å². The van der Waals surface area contributed by atoms with E-state index < -0.39 is 0 Å². The van der Waals surface area contributed by atoms with Crippen LogP contribution in [-0.4, -0.2) is 5.54 Å². The van der Waals surface area contributed by atoms with E-state index in [0.29, 0.717) is 0 Å². The van der Waals surface area contributed by atoms with Crippen LogP contribution in [0.5, 0.6) is 0 Å². The molecule has 1 atom stereocenters. The molecule has 2 N–H and O–H groups in total. The van der Waals surface area contributed by atoms with E-state index in [4.69, 9.17) is 5.73 Å². The molecule has 13 heavy (non-hydrogen) atoms. The van der Waals surface area contributed by atoms with E-state index in [2.05, 4.69) is 27.7 Å². The fourth-order valence-electron chi connectivity index (χ4n) is 2.18. The molecule has 0 bridgehead atoms. The fraction of sp³-hybridized carbons (Fsp3) is 1.00. The molecule has 1 nitrogen and oxygen atoms in total. The minimum atomic E-state index is 0.0298. The summed E-state index contributed by atoms with van der Waals surface area (Å²) >= 11 is 0. The number of hydrogen-bond acceptors (Lipinski definition) is 1. The molecule has 1 aliphatic carbocycles. The Balaban J connectivity index is 2.30. The zero-order valence-electron chi connectivity index (χ0n) is 9.64. The molecule has 0 aliphatic heterocycles. The highest BCUT2D eigenvalue weighted by Crippen LogP contribution is 2.43. The molecular weight excluding hydrogens is 158 g/mol. The molecule has 1 aliphatic rings. The molecule has 1 fully saturated rings. The molecule has 0 aromatic carbocycles. The Hall–Kier alpha value is -0.0400. The second-order valence-corrected chi connectivity index (χ2v) is 5.77. The van der Waals surface area contributed by atoms with Gasteiger partial charge in [-0.1, -0.05) is 13.8 Å². The number of nitrogens with two attached hydrogens (primary N) is 1. The maximum Gasteiger partial charge on any atom is 0.00971 e. The monoisotopic (exact) mass is 183 g/mol. The number of hydrogen-bond donors (Lipinski definition) is 1. The summed E-state index contributed by atoms with van der Waals surface area (Å²) in [7, 11) is 0. The lowest BCUT2D eigenvalue weighted by Crippen LogP contribution is -2.32. The predicted molar refractivity (Wildman–Crippen MR) is 58.6 cm³/mol. The SMILES string of the molecule is CC(C)C(CCC(C)(C)N)C1CC1. The highest BCUT2D eigenvalue weighted by molar-refractivity contribution is 4.85. The molecule has 78 valence electrons. The average Bonchev–Trinajstić information content (AvgIpc) is 2.67. The average molecular weight is 183 g/mol. The van der Waals surface area contributed by atoms with Crippen molar-refractivity contribution in [3.05, 3.63) is 0 Å². The third-order valence-corrected chi connectivity index (χ3v) is 3.21. The van der Waals surface area contributed by atoms with Gasteiger partial charge < -0.3 is 5.73 Å². The Bertz CT molecular complexity index is 149. The standard InChI is InChI=1S/C12H25N/c1-9(2)11(10-5-6-10)7-8-12(3,4)13/h9-11H,5-8,13H2,1-4H3. The van der Waals surface area contributed by atoms with Crippen LogP contribution in [0.1, 0.15) is 53.4 Å². The first-order chi connectivity index (χ1) is 5.90. The van der Waals surface area contributed by atoms with Gasteiger partial charge in [-0.25, -0.2) is 0 Å². The van der Waals surface area contributed by atoms with Crippen molar-refractivity contribution in [2.45, 2.75) is 58.9 Å². The van der Waals surface area contributed by atoms with Gasteiger partial charge in [-0.15, -0.1) is 0 Å². The Kier molecular flexibility index (Phi) is 3.39. The van der Waals surface area contributed by atoms with Gasteiger partial charge >= 0.3 is 0 Å². The highest BCUT2D eigenvalue weighted by atomic mass is 14.7. The van der Waals surface area contributed by atoms with Crippen molar-refractivity contribution < 1.29 is 0 Å². The molecule has 0 spiro atoms. The van der Waals surface area contributed by atoms with Crippen LogP contribution < -0.4 is 5.73 Å². The Morgan fingerprint density at radius 1 is 1.31 bits per heavy atom. The lowest BCUT2D eigenvalue weighted by molar-refractivity contribution is 0.283. The summed E-state index contributed by atoms with van der Waals surface area (Å²) in [6, 6.07) is 0. The van der Waals surface area contributed by atoms with Gasteiger partial charge in [0, 0.05) is 5.54 Å². The molecule has 1 unspecified atom stereocenters. The van der Waals surface area contributed by atoms with Crippen LogP contribution in [-0.2, 0) is 0 Å². The van der Waals surface area contributed by atoms with E-state index in [1.165, 1.54) is 25.7 Å². The first-order valence-corrected chi connectivity index (χ1v) is 5.69. The zero-order valence-corrected chi connectivity index (χ0v) is 9.64. The molecule has 0 aromatic rings. The van der Waals surface area contributed by atoms with Crippen LogP contribution in [0.15, 0.2) is 0 Å². The van der Waals surface area contributed by atoms with Crippen molar-refractivity contribution in [2.75, 3.05) is 0 Å². The normalized spacial score (nSPS) is 20.8. The quantitative estimate of drug-likeness (QED) is 0.696. The van der Waals surface area contributed by atoms with Gasteiger partial charge in [0.1, 0.15) is 0 Å². The van der Waals surface area contributed by atoms with Crippen LogP contribution in [0.3, 0.4) is 0 Å². The summed E-state index contributed by atoms with van der Waals surface area (Å²) in [4.78, 5) is 0. The largest absolute Gasteiger partial charge is 0.326 e. The molecule has 0 aromatic heterocycles. The summed E-state index contributed by atoms with van der Waals surface area (Å²) in [5.74, 6) is 2.81. The third-order valence-electron chi connectivity index (χ3n) is 3.21. The second-order valence-electron chi connectivity index (χ2n) is 5.77. The predicted octanol–water partition coefficient (Wildman–Crippen LogP) is 3.19. The second kappa shape index (κ2) is 4.00. The topological polar surface area (TPSA) is 26.0 Å². The van der Waals surface area contributed by atoms with E-state index in [9.17, 15) is 0 Å². The van der Waals surface area contributed by atoms with Crippen molar-refractivity contribution in [1.29, 1.82) is 0 Å². The molecule has 1 saturated carbocycles. The van der Waals surface area contributed by atoms with Crippen molar-refractivity contribution >= 4 is 0 Å². The van der Waals surface area contributed by atoms with Gasteiger partial charge in [-0.3, -0.25) is 0 Å². The first-order valence-electron chi connectivity index (χ1n) is 5.69. The maximum atomic E-state index is 6.00. The summed E-state index contributed by atoms with van der Waals surface area (Å²) < 4.78 is 0. The van der Waals surface area contributed by atoms with E-state index in [-0.39, 0.29) is 5.54 Å². The summed E-state index contributed by atoms with van der Waals surface area (Å²) in [5, 5.41) is 0. The molecular formula is C12H25N. The van der Waals surface area contributed by atoms with Crippen LogP contribution in [0, 0.1) is 17.8 Å². The van der Waals surface area contributed by atoms with E-state index in [1.54, 1.807) is 0 Å². The maximum absolute atomic E-state index is 6.00. The van der Waals surface area contributed by atoms with Gasteiger partial charge in [0.2, 0.25) is 0 Å². The molecule has 0 amide bonds. The van der Waals surface area contributed by atoms with Crippen molar-refractivity contribution in [2.24, 2.45) is 23.5 Å². The molecule has 0 radical (unpaired) electrons. The Morgan fingerprint density at radius 2 is 1.85 bits per heavy atom. The van der Waals surface area contributed by atoms with Gasteiger partial charge in [0.15, 0.2) is 0 Å². The molecule has 0 heterocycles. The summed E-state index contributed by atoms with van der Waals surface area (Å²) in [6.45, 7) is 8.98. The fourth-order valence-corrected chi connectivity index (χ4v) is 2.18. The van der Waals surface area contributed by atoms with Gasteiger partial charge in [0.25, 0.3) is 0 Å². The molecule has 1 rings (SSSR count). The van der Waals surface area contributed by atoms with E-state index in [0.717, 1.165) is 17.8 Å². The lowest BCUT2D eigenvalue weighted by atomic mass is 9.83. The smallest absolute Gasteiger partial charge is 0.00971 e. The summed E-state index contributed by atoms with van der Waals surface area (Å²) in [6.07, 6.45) is 5.43. The molecule has 1 heteroatoms. The van der Waals surface area contributed by atoms with Crippen molar-refractivity contribution in [3.8, 4) is 0 Å². The van der Waals surface area contributed by atoms with Crippen molar-refractivity contribution in [1.82, 2.24) is 0 Å². The third kappa shape index (κ3) is 4.12. The van der Waals surface area contributed by atoms with Gasteiger partial charge in [-0.2, -0.15) is 0 Å². The van der Waals surface area contributed by atoms with Crippen LogP contribution in [0.2, 0.25) is 0 Å². The highest BCUT2D eigenvalue weighted by Gasteiger charge is 2.33. The Labute approximate surface area is 83.1 Å².